The molecule has 0 aliphatic heterocycles. The second-order valence-electron chi connectivity index (χ2n) is 3.03. The van der Waals surface area contributed by atoms with Crippen LogP contribution in [-0.4, -0.2) is 9.97 Å². The van der Waals surface area contributed by atoms with Crippen LogP contribution in [0, 0.1) is 6.92 Å². The molecule has 0 radical (unpaired) electrons. The highest BCUT2D eigenvalue weighted by molar-refractivity contribution is 5.17. The number of hydrogen-bond acceptors (Lipinski definition) is 3. The van der Waals surface area contributed by atoms with Gasteiger partial charge in [-0.05, 0) is 13.3 Å². The van der Waals surface area contributed by atoms with Gasteiger partial charge in [-0.1, -0.05) is 13.3 Å². The molecular formula is C9H15N3O. The van der Waals surface area contributed by atoms with Crippen molar-refractivity contribution in [2.24, 2.45) is 5.73 Å². The monoisotopic (exact) mass is 181 g/mol. The van der Waals surface area contributed by atoms with Crippen LogP contribution in [0.15, 0.2) is 4.79 Å². The number of aryl methyl sites for hydroxylation is 2. The Bertz CT molecular complexity index is 343. The van der Waals surface area contributed by atoms with E-state index in [1.807, 2.05) is 0 Å². The van der Waals surface area contributed by atoms with Gasteiger partial charge in [-0.15, -0.1) is 0 Å². The van der Waals surface area contributed by atoms with Gasteiger partial charge >= 0.3 is 0 Å². The lowest BCUT2D eigenvalue weighted by Gasteiger charge is -2.05. The summed E-state index contributed by atoms with van der Waals surface area (Å²) in [6.07, 6.45) is 1.79. The molecule has 1 rings (SSSR count). The average Bonchev–Trinajstić information content (AvgIpc) is 2.04. The molecule has 0 bridgehead atoms. The Balaban J connectivity index is 3.21. The van der Waals surface area contributed by atoms with Crippen LogP contribution in [0.1, 0.15) is 30.4 Å². The van der Waals surface area contributed by atoms with E-state index in [1.54, 1.807) is 6.92 Å². The first-order valence-corrected chi connectivity index (χ1v) is 4.47. The summed E-state index contributed by atoms with van der Waals surface area (Å²) in [4.78, 5) is 18.3. The number of hydrogen-bond donors (Lipinski definition) is 2. The molecule has 4 nitrogen and oxygen atoms in total. The lowest BCUT2D eigenvalue weighted by atomic mass is 10.1. The van der Waals surface area contributed by atoms with Gasteiger partial charge in [0.2, 0.25) is 0 Å². The third-order valence-electron chi connectivity index (χ3n) is 1.91. The average molecular weight is 181 g/mol. The van der Waals surface area contributed by atoms with Crippen molar-refractivity contribution in [1.29, 1.82) is 0 Å². The molecule has 0 saturated heterocycles. The molecule has 1 aromatic rings. The summed E-state index contributed by atoms with van der Waals surface area (Å²) in [5, 5.41) is 0. The van der Waals surface area contributed by atoms with Crippen molar-refractivity contribution in [3.63, 3.8) is 0 Å². The Morgan fingerprint density at radius 3 is 2.77 bits per heavy atom. The van der Waals surface area contributed by atoms with Crippen molar-refractivity contribution in [3.05, 3.63) is 27.4 Å². The summed E-state index contributed by atoms with van der Waals surface area (Å²) in [5.74, 6) is 0.658. The highest BCUT2D eigenvalue weighted by Crippen LogP contribution is 2.02. The van der Waals surface area contributed by atoms with E-state index in [0.717, 1.165) is 18.5 Å². The van der Waals surface area contributed by atoms with Crippen molar-refractivity contribution in [2.45, 2.75) is 33.2 Å². The maximum Gasteiger partial charge on any atom is 0.255 e. The number of nitrogens with one attached hydrogen (secondary N) is 1. The number of rotatable bonds is 3. The van der Waals surface area contributed by atoms with Crippen molar-refractivity contribution >= 4 is 0 Å². The molecule has 0 amide bonds. The van der Waals surface area contributed by atoms with E-state index < -0.39 is 0 Å². The molecule has 0 spiro atoms. The Hall–Kier alpha value is -1.16. The second-order valence-corrected chi connectivity index (χ2v) is 3.03. The fourth-order valence-electron chi connectivity index (χ4n) is 1.32. The predicted octanol–water partition coefficient (Wildman–Crippen LogP) is 0.490. The minimum atomic E-state index is -0.0987. The first kappa shape index (κ1) is 9.92. The largest absolute Gasteiger partial charge is 0.326 e. The smallest absolute Gasteiger partial charge is 0.255 e. The van der Waals surface area contributed by atoms with Crippen LogP contribution >= 0.6 is 0 Å². The molecule has 4 heteroatoms. The van der Waals surface area contributed by atoms with Gasteiger partial charge in [-0.2, -0.15) is 0 Å². The molecule has 1 heterocycles. The van der Waals surface area contributed by atoms with Crippen molar-refractivity contribution in [3.8, 4) is 0 Å². The van der Waals surface area contributed by atoms with Crippen molar-refractivity contribution in [2.75, 3.05) is 0 Å². The van der Waals surface area contributed by atoms with Crippen LogP contribution in [0.25, 0.3) is 0 Å². The van der Waals surface area contributed by atoms with Crippen LogP contribution in [0.5, 0.6) is 0 Å². The lowest BCUT2D eigenvalue weighted by Crippen LogP contribution is -2.21. The quantitative estimate of drug-likeness (QED) is 0.712. The van der Waals surface area contributed by atoms with E-state index in [0.29, 0.717) is 11.4 Å². The first-order chi connectivity index (χ1) is 6.19. The molecule has 0 aliphatic rings. The van der Waals surface area contributed by atoms with Gasteiger partial charge in [-0.3, -0.25) is 4.79 Å². The normalized spacial score (nSPS) is 10.4. The molecular weight excluding hydrogens is 166 g/mol. The summed E-state index contributed by atoms with van der Waals surface area (Å²) in [6.45, 7) is 4.09. The van der Waals surface area contributed by atoms with Crippen molar-refractivity contribution in [1.82, 2.24) is 9.97 Å². The van der Waals surface area contributed by atoms with Crippen LogP contribution in [0.4, 0.5) is 0 Å². The van der Waals surface area contributed by atoms with Gasteiger partial charge < -0.3 is 10.7 Å². The predicted molar refractivity (Wildman–Crippen MR) is 51.5 cm³/mol. The zero-order valence-corrected chi connectivity index (χ0v) is 8.05. The summed E-state index contributed by atoms with van der Waals surface area (Å²) >= 11 is 0. The fourth-order valence-corrected chi connectivity index (χ4v) is 1.32. The third-order valence-corrected chi connectivity index (χ3v) is 1.91. The van der Waals surface area contributed by atoms with Crippen LogP contribution in [0.3, 0.4) is 0 Å². The van der Waals surface area contributed by atoms with Crippen LogP contribution < -0.4 is 11.3 Å². The molecule has 0 aliphatic carbocycles. The maximum absolute atomic E-state index is 11.4. The lowest BCUT2D eigenvalue weighted by molar-refractivity contribution is 0.809. The zero-order valence-electron chi connectivity index (χ0n) is 8.05. The van der Waals surface area contributed by atoms with Gasteiger partial charge in [0.1, 0.15) is 5.82 Å². The molecule has 0 saturated carbocycles. The zero-order chi connectivity index (χ0) is 9.84. The van der Waals surface area contributed by atoms with Crippen LogP contribution in [0.2, 0.25) is 0 Å². The van der Waals surface area contributed by atoms with E-state index in [4.69, 9.17) is 5.73 Å². The van der Waals surface area contributed by atoms with Gasteiger partial charge in [0, 0.05) is 6.54 Å². The second kappa shape index (κ2) is 4.18. The van der Waals surface area contributed by atoms with E-state index in [9.17, 15) is 4.79 Å². The first-order valence-electron chi connectivity index (χ1n) is 4.47. The Labute approximate surface area is 77.2 Å². The summed E-state index contributed by atoms with van der Waals surface area (Å²) < 4.78 is 0. The van der Waals surface area contributed by atoms with Gasteiger partial charge in [0.05, 0.1) is 11.3 Å². The molecule has 0 aromatic carbocycles. The number of nitrogens with zero attached hydrogens (tertiary/aromatic N) is 1. The highest BCUT2D eigenvalue weighted by Gasteiger charge is 2.06. The summed E-state index contributed by atoms with van der Waals surface area (Å²) in [5.41, 5.74) is 6.83. The van der Waals surface area contributed by atoms with E-state index in [-0.39, 0.29) is 12.1 Å². The molecule has 3 N–H and O–H groups in total. The summed E-state index contributed by atoms with van der Waals surface area (Å²) in [7, 11) is 0. The number of aromatic nitrogens is 2. The van der Waals surface area contributed by atoms with E-state index >= 15 is 0 Å². The Morgan fingerprint density at radius 2 is 2.23 bits per heavy atom. The van der Waals surface area contributed by atoms with Gasteiger partial charge in [-0.25, -0.2) is 4.98 Å². The Kier molecular flexibility index (Phi) is 3.19. The summed E-state index contributed by atoms with van der Waals surface area (Å²) in [6, 6.07) is 0. The van der Waals surface area contributed by atoms with Gasteiger partial charge in [0.15, 0.2) is 0 Å². The third kappa shape index (κ3) is 2.15. The Morgan fingerprint density at radius 1 is 1.54 bits per heavy atom. The van der Waals surface area contributed by atoms with Gasteiger partial charge in [0.25, 0.3) is 5.56 Å². The van der Waals surface area contributed by atoms with Crippen molar-refractivity contribution < 1.29 is 0 Å². The van der Waals surface area contributed by atoms with E-state index in [2.05, 4.69) is 16.9 Å². The fraction of sp³-hybridized carbons (Fsp3) is 0.556. The molecule has 0 atom stereocenters. The SMILES string of the molecule is CCCc1nc(C)[nH]c(=O)c1CN. The molecule has 13 heavy (non-hydrogen) atoms. The molecule has 1 aromatic heterocycles. The van der Waals surface area contributed by atoms with E-state index in [1.165, 1.54) is 0 Å². The molecule has 72 valence electrons. The standard InChI is InChI=1S/C9H15N3O/c1-3-4-8-7(5-10)9(13)12-6(2)11-8/h3-5,10H2,1-2H3,(H,11,12,13). The number of nitrogens with two attached hydrogens (primary N) is 1. The number of H-pyrrole nitrogens is 1. The maximum atomic E-state index is 11.4. The topological polar surface area (TPSA) is 71.8 Å². The minimum Gasteiger partial charge on any atom is -0.326 e. The number of aromatic amines is 1. The van der Waals surface area contributed by atoms with Crippen LogP contribution in [-0.2, 0) is 13.0 Å². The molecule has 0 unspecified atom stereocenters. The molecule has 0 fully saturated rings. The highest BCUT2D eigenvalue weighted by atomic mass is 16.1. The minimum absolute atomic E-state index is 0.0987.